The molecule has 2 N–H and O–H groups in total. The van der Waals surface area contributed by atoms with Crippen LogP contribution in [0.25, 0.3) is 0 Å². The van der Waals surface area contributed by atoms with E-state index in [1.807, 2.05) is 25.1 Å². The third-order valence-corrected chi connectivity index (χ3v) is 3.69. The number of morpholine rings is 1. The van der Waals surface area contributed by atoms with Crippen molar-refractivity contribution in [1.29, 1.82) is 0 Å². The van der Waals surface area contributed by atoms with E-state index < -0.39 is 0 Å². The predicted molar refractivity (Wildman–Crippen MR) is 84.9 cm³/mol. The lowest BCUT2D eigenvalue weighted by Gasteiger charge is -2.30. The Morgan fingerprint density at radius 2 is 2.29 bits per heavy atom. The van der Waals surface area contributed by atoms with Crippen LogP contribution in [0.5, 0.6) is 0 Å². The van der Waals surface area contributed by atoms with Gasteiger partial charge in [0.1, 0.15) is 0 Å². The zero-order valence-corrected chi connectivity index (χ0v) is 13.1. The highest BCUT2D eigenvalue weighted by molar-refractivity contribution is 5.94. The Balaban J connectivity index is 1.89. The van der Waals surface area contributed by atoms with Crippen LogP contribution in [0.1, 0.15) is 22.8 Å². The van der Waals surface area contributed by atoms with Crippen molar-refractivity contribution in [3.63, 3.8) is 0 Å². The van der Waals surface area contributed by atoms with Crippen molar-refractivity contribution in [1.82, 2.24) is 10.2 Å². The van der Waals surface area contributed by atoms with E-state index >= 15 is 0 Å². The summed E-state index contributed by atoms with van der Waals surface area (Å²) in [5.74, 6) is -0.0435. The summed E-state index contributed by atoms with van der Waals surface area (Å²) in [7, 11) is 2.07. The normalized spacial score (nSPS) is 19.3. The molecule has 1 aliphatic heterocycles. The van der Waals surface area contributed by atoms with Crippen LogP contribution in [-0.2, 0) is 4.74 Å². The number of carbonyl (C=O) groups excluding carboxylic acids is 1. The number of hydrogen-bond donors (Lipinski definition) is 2. The van der Waals surface area contributed by atoms with Crippen molar-refractivity contribution in [2.24, 2.45) is 0 Å². The van der Waals surface area contributed by atoms with E-state index in [1.54, 1.807) is 0 Å². The summed E-state index contributed by atoms with van der Waals surface area (Å²) in [6.07, 6.45) is 0.0785. The predicted octanol–water partition coefficient (Wildman–Crippen LogP) is 1.49. The fourth-order valence-electron chi connectivity index (χ4n) is 2.49. The Morgan fingerprint density at radius 1 is 1.48 bits per heavy atom. The van der Waals surface area contributed by atoms with Crippen LogP contribution in [0.15, 0.2) is 18.2 Å². The minimum absolute atomic E-state index is 0.0435. The second-order valence-corrected chi connectivity index (χ2v) is 5.53. The molecule has 1 saturated heterocycles. The molecule has 0 bridgehead atoms. The summed E-state index contributed by atoms with van der Waals surface area (Å²) in [6, 6.07) is 5.73. The molecular formula is C16H25N3O2. The fourth-order valence-corrected chi connectivity index (χ4v) is 2.49. The zero-order valence-electron chi connectivity index (χ0n) is 13.1. The van der Waals surface area contributed by atoms with Gasteiger partial charge in [0.05, 0.1) is 12.7 Å². The molecule has 21 heavy (non-hydrogen) atoms. The molecule has 1 amide bonds. The van der Waals surface area contributed by atoms with Gasteiger partial charge in [0.15, 0.2) is 0 Å². The highest BCUT2D eigenvalue weighted by atomic mass is 16.5. The number of nitrogens with one attached hydrogen (secondary N) is 2. The lowest BCUT2D eigenvalue weighted by atomic mass is 10.1. The van der Waals surface area contributed by atoms with Crippen molar-refractivity contribution >= 4 is 11.6 Å². The average molecular weight is 291 g/mol. The van der Waals surface area contributed by atoms with Crippen molar-refractivity contribution in [3.8, 4) is 0 Å². The lowest BCUT2D eigenvalue weighted by Crippen LogP contribution is -2.45. The van der Waals surface area contributed by atoms with Gasteiger partial charge >= 0.3 is 0 Å². The summed E-state index contributed by atoms with van der Waals surface area (Å²) in [5.41, 5.74) is 2.85. The van der Waals surface area contributed by atoms with Crippen molar-refractivity contribution in [2.45, 2.75) is 20.0 Å². The molecule has 0 saturated carbocycles. The molecule has 5 nitrogen and oxygen atoms in total. The summed E-state index contributed by atoms with van der Waals surface area (Å²) in [4.78, 5) is 14.4. The third kappa shape index (κ3) is 4.44. The van der Waals surface area contributed by atoms with Gasteiger partial charge in [0.2, 0.25) is 0 Å². The largest absolute Gasteiger partial charge is 0.385 e. The smallest absolute Gasteiger partial charge is 0.251 e. The van der Waals surface area contributed by atoms with E-state index in [0.29, 0.717) is 12.1 Å². The van der Waals surface area contributed by atoms with Crippen LogP contribution in [0.2, 0.25) is 0 Å². The molecule has 116 valence electrons. The first-order valence-corrected chi connectivity index (χ1v) is 7.53. The molecule has 0 aliphatic carbocycles. The van der Waals surface area contributed by atoms with Crippen molar-refractivity contribution < 1.29 is 9.53 Å². The number of likely N-dealkylation sites (N-methyl/N-ethyl adjacent to an activating group) is 1. The van der Waals surface area contributed by atoms with E-state index in [4.69, 9.17) is 4.74 Å². The lowest BCUT2D eigenvalue weighted by molar-refractivity contribution is -0.0175. The van der Waals surface area contributed by atoms with E-state index in [-0.39, 0.29) is 12.0 Å². The number of rotatable bonds is 5. The topological polar surface area (TPSA) is 53.6 Å². The summed E-state index contributed by atoms with van der Waals surface area (Å²) < 4.78 is 5.64. The molecule has 1 fully saturated rings. The Bertz CT molecular complexity index is 490. The number of nitrogens with zero attached hydrogens (tertiary/aromatic N) is 1. The molecule has 0 aromatic heterocycles. The maximum Gasteiger partial charge on any atom is 0.251 e. The monoisotopic (exact) mass is 291 g/mol. The Morgan fingerprint density at radius 3 is 2.95 bits per heavy atom. The number of hydrogen-bond acceptors (Lipinski definition) is 4. The Labute approximate surface area is 126 Å². The number of ether oxygens (including phenoxy) is 1. The molecule has 5 heteroatoms. The first-order chi connectivity index (χ1) is 10.1. The maximum absolute atomic E-state index is 12.2. The first-order valence-electron chi connectivity index (χ1n) is 7.53. The van der Waals surface area contributed by atoms with Crippen molar-refractivity contribution in [2.75, 3.05) is 45.2 Å². The van der Waals surface area contributed by atoms with Crippen LogP contribution in [0, 0.1) is 6.92 Å². The number of amides is 1. The van der Waals surface area contributed by atoms with Gasteiger partial charge in [0, 0.05) is 37.4 Å². The highest BCUT2D eigenvalue weighted by Gasteiger charge is 2.18. The molecular weight excluding hydrogens is 266 g/mol. The van der Waals surface area contributed by atoms with Gasteiger partial charge in [0.25, 0.3) is 5.91 Å². The molecule has 1 aromatic rings. The van der Waals surface area contributed by atoms with Gasteiger partial charge in [-0.3, -0.25) is 4.79 Å². The van der Waals surface area contributed by atoms with Crippen LogP contribution < -0.4 is 10.6 Å². The minimum atomic E-state index is -0.0435. The van der Waals surface area contributed by atoms with Gasteiger partial charge in [-0.1, -0.05) is 0 Å². The SMILES string of the molecule is CCNc1ccc(C(=O)NCC2CN(C)CCO2)cc1C. The Kier molecular flexibility index (Phi) is 5.59. The number of anilines is 1. The molecule has 1 unspecified atom stereocenters. The van der Waals surface area contributed by atoms with Gasteiger partial charge in [-0.25, -0.2) is 0 Å². The van der Waals surface area contributed by atoms with E-state index in [1.165, 1.54) is 0 Å². The standard InChI is InChI=1S/C16H25N3O2/c1-4-17-15-6-5-13(9-12(15)2)16(20)18-10-14-11-19(3)7-8-21-14/h5-6,9,14,17H,4,7-8,10-11H2,1-3H3,(H,18,20). The molecule has 2 rings (SSSR count). The van der Waals surface area contributed by atoms with Crippen molar-refractivity contribution in [3.05, 3.63) is 29.3 Å². The summed E-state index contributed by atoms with van der Waals surface area (Å²) in [5, 5.41) is 6.23. The minimum Gasteiger partial charge on any atom is -0.385 e. The van der Waals surface area contributed by atoms with Gasteiger partial charge in [-0.15, -0.1) is 0 Å². The van der Waals surface area contributed by atoms with Crippen LogP contribution in [0.3, 0.4) is 0 Å². The van der Waals surface area contributed by atoms with Crippen LogP contribution >= 0.6 is 0 Å². The van der Waals surface area contributed by atoms with Crippen LogP contribution in [0.4, 0.5) is 5.69 Å². The molecule has 1 aliphatic rings. The first kappa shape index (κ1) is 15.8. The maximum atomic E-state index is 12.2. The third-order valence-electron chi connectivity index (χ3n) is 3.69. The number of aryl methyl sites for hydroxylation is 1. The quantitative estimate of drug-likeness (QED) is 0.863. The molecule has 1 atom stereocenters. The fraction of sp³-hybridized carbons (Fsp3) is 0.562. The molecule has 0 radical (unpaired) electrons. The second kappa shape index (κ2) is 7.43. The molecule has 1 heterocycles. The number of benzene rings is 1. The molecule has 0 spiro atoms. The van der Waals surface area contributed by atoms with Gasteiger partial charge in [-0.05, 0) is 44.7 Å². The average Bonchev–Trinajstić information content (AvgIpc) is 2.47. The summed E-state index contributed by atoms with van der Waals surface area (Å²) in [6.45, 7) is 8.03. The second-order valence-electron chi connectivity index (χ2n) is 5.53. The zero-order chi connectivity index (χ0) is 15.2. The van der Waals surface area contributed by atoms with Crippen LogP contribution in [-0.4, -0.2) is 56.7 Å². The van der Waals surface area contributed by atoms with Gasteiger partial charge in [-0.2, -0.15) is 0 Å². The summed E-state index contributed by atoms with van der Waals surface area (Å²) >= 11 is 0. The van der Waals surface area contributed by atoms with Gasteiger partial charge < -0.3 is 20.3 Å². The Hall–Kier alpha value is -1.59. The van der Waals surface area contributed by atoms with E-state index in [9.17, 15) is 4.79 Å². The molecule has 1 aromatic carbocycles. The highest BCUT2D eigenvalue weighted by Crippen LogP contribution is 2.16. The van der Waals surface area contributed by atoms with E-state index in [0.717, 1.165) is 37.5 Å². The van der Waals surface area contributed by atoms with E-state index in [2.05, 4.69) is 29.5 Å². The number of carbonyl (C=O) groups is 1.